The Kier molecular flexibility index (Phi) is 4.47. The molecule has 7 heteroatoms. The smallest absolute Gasteiger partial charge is 0.339 e. The number of aromatic carboxylic acids is 1. The molecule has 2 saturated heterocycles. The third-order valence-electron chi connectivity index (χ3n) is 4.93. The van der Waals surface area contributed by atoms with Crippen LogP contribution in [0.2, 0.25) is 0 Å². The van der Waals surface area contributed by atoms with Crippen molar-refractivity contribution in [2.24, 2.45) is 0 Å². The van der Waals surface area contributed by atoms with Crippen LogP contribution in [-0.2, 0) is 4.74 Å². The molecule has 0 radical (unpaired) electrons. The summed E-state index contributed by atoms with van der Waals surface area (Å²) in [5.74, 6) is -1.41. The number of carbonyl (C=O) groups excluding carboxylic acids is 1. The van der Waals surface area contributed by atoms with E-state index in [1.165, 1.54) is 19.2 Å². The molecule has 1 amide bonds. The second-order valence-electron chi connectivity index (χ2n) is 6.30. The molecule has 0 bridgehead atoms. The third-order valence-corrected chi connectivity index (χ3v) is 4.93. The highest BCUT2D eigenvalue weighted by molar-refractivity contribution is 6.02. The molecule has 1 aromatic carbocycles. The minimum absolute atomic E-state index is 0.0517. The first-order valence-electron chi connectivity index (χ1n) is 7.96. The minimum Gasteiger partial charge on any atom is -0.495 e. The Bertz CT molecular complexity index is 652. The molecular formula is C17H21NO6. The molecule has 1 spiro atoms. The molecule has 0 aliphatic carbocycles. The van der Waals surface area contributed by atoms with Gasteiger partial charge in [0.1, 0.15) is 11.3 Å². The van der Waals surface area contributed by atoms with Crippen LogP contribution in [0.5, 0.6) is 5.75 Å². The number of rotatable bonds is 3. The van der Waals surface area contributed by atoms with E-state index in [0.29, 0.717) is 32.5 Å². The Morgan fingerprint density at radius 1 is 1.29 bits per heavy atom. The Morgan fingerprint density at radius 2 is 1.96 bits per heavy atom. The maximum Gasteiger partial charge on any atom is 0.339 e. The molecule has 2 aliphatic heterocycles. The van der Waals surface area contributed by atoms with Crippen molar-refractivity contribution in [1.29, 1.82) is 0 Å². The van der Waals surface area contributed by atoms with E-state index in [-0.39, 0.29) is 29.3 Å². The number of carboxylic acids is 1. The molecule has 2 fully saturated rings. The Labute approximate surface area is 139 Å². The van der Waals surface area contributed by atoms with E-state index in [9.17, 15) is 19.8 Å². The number of amides is 1. The van der Waals surface area contributed by atoms with Crippen LogP contribution in [0.3, 0.4) is 0 Å². The summed E-state index contributed by atoms with van der Waals surface area (Å²) in [5, 5.41) is 19.4. The highest BCUT2D eigenvalue weighted by Gasteiger charge is 2.48. The summed E-state index contributed by atoms with van der Waals surface area (Å²) < 4.78 is 10.6. The van der Waals surface area contributed by atoms with Gasteiger partial charge in [-0.05, 0) is 31.4 Å². The largest absolute Gasteiger partial charge is 0.495 e. The number of para-hydroxylation sites is 1. The van der Waals surface area contributed by atoms with E-state index < -0.39 is 17.6 Å². The molecule has 1 atom stereocenters. The fraction of sp³-hybridized carbons (Fsp3) is 0.529. The van der Waals surface area contributed by atoms with Gasteiger partial charge in [0.2, 0.25) is 0 Å². The average molecular weight is 335 g/mol. The van der Waals surface area contributed by atoms with Crippen LogP contribution in [0.15, 0.2) is 18.2 Å². The average Bonchev–Trinajstić information content (AvgIpc) is 2.89. The Hall–Kier alpha value is -2.12. The summed E-state index contributed by atoms with van der Waals surface area (Å²) in [4.78, 5) is 26.2. The minimum atomic E-state index is -1.15. The fourth-order valence-corrected chi connectivity index (χ4v) is 3.78. The zero-order chi connectivity index (χ0) is 17.3. The van der Waals surface area contributed by atoms with Crippen LogP contribution >= 0.6 is 0 Å². The van der Waals surface area contributed by atoms with Crippen LogP contribution in [0.4, 0.5) is 0 Å². The van der Waals surface area contributed by atoms with E-state index in [4.69, 9.17) is 9.47 Å². The molecule has 1 unspecified atom stereocenters. The van der Waals surface area contributed by atoms with Crippen molar-refractivity contribution in [2.75, 3.05) is 26.9 Å². The van der Waals surface area contributed by atoms with Crippen LogP contribution in [0.1, 0.15) is 40.0 Å². The molecule has 0 aromatic heterocycles. The lowest BCUT2D eigenvalue weighted by Crippen LogP contribution is -2.50. The number of carboxylic acid groups (broad SMARTS) is 1. The predicted octanol–water partition coefficient (Wildman–Crippen LogP) is 1.15. The summed E-state index contributed by atoms with van der Waals surface area (Å²) >= 11 is 0. The number of β-amino-alcohol motifs (C(OH)–C–C–N with tert-alkyl or cyclic N) is 1. The van der Waals surface area contributed by atoms with Crippen molar-refractivity contribution in [3.8, 4) is 5.75 Å². The van der Waals surface area contributed by atoms with Crippen LogP contribution in [0, 0.1) is 0 Å². The maximum absolute atomic E-state index is 13.1. The zero-order valence-corrected chi connectivity index (χ0v) is 13.5. The van der Waals surface area contributed by atoms with Gasteiger partial charge in [0.25, 0.3) is 5.91 Å². The molecule has 2 N–H and O–H groups in total. The lowest BCUT2D eigenvalue weighted by Gasteiger charge is -2.41. The summed E-state index contributed by atoms with van der Waals surface area (Å²) in [6.07, 6.45) is 1.26. The number of methoxy groups -OCH3 is 1. The van der Waals surface area contributed by atoms with Crippen molar-refractivity contribution in [2.45, 2.75) is 30.9 Å². The number of carbonyl (C=O) groups is 2. The molecular weight excluding hydrogens is 314 g/mol. The highest BCUT2D eigenvalue weighted by atomic mass is 16.5. The van der Waals surface area contributed by atoms with Gasteiger partial charge in [-0.25, -0.2) is 4.79 Å². The second kappa shape index (κ2) is 6.41. The van der Waals surface area contributed by atoms with Gasteiger partial charge >= 0.3 is 5.97 Å². The first kappa shape index (κ1) is 16.7. The summed E-state index contributed by atoms with van der Waals surface area (Å²) in [7, 11) is 1.35. The van der Waals surface area contributed by atoms with Gasteiger partial charge in [-0.2, -0.15) is 0 Å². The molecule has 24 heavy (non-hydrogen) atoms. The van der Waals surface area contributed by atoms with Crippen LogP contribution in [-0.4, -0.2) is 65.5 Å². The Balaban J connectivity index is 1.99. The summed E-state index contributed by atoms with van der Waals surface area (Å²) in [6, 6.07) is 4.49. The maximum atomic E-state index is 13.1. The number of nitrogens with zero attached hydrogens (tertiary/aromatic N) is 1. The predicted molar refractivity (Wildman–Crippen MR) is 84.4 cm³/mol. The molecule has 2 aliphatic rings. The molecule has 3 rings (SSSR count). The van der Waals surface area contributed by atoms with Gasteiger partial charge in [-0.1, -0.05) is 6.07 Å². The number of aliphatic hydroxyl groups excluding tert-OH is 1. The lowest BCUT2D eigenvalue weighted by molar-refractivity contribution is -0.00363. The van der Waals surface area contributed by atoms with Crippen LogP contribution < -0.4 is 4.74 Å². The number of hydrogen-bond donors (Lipinski definition) is 2. The second-order valence-corrected chi connectivity index (χ2v) is 6.30. The summed E-state index contributed by atoms with van der Waals surface area (Å²) in [6.45, 7) is 1.32. The number of hydrogen-bond acceptors (Lipinski definition) is 5. The van der Waals surface area contributed by atoms with Gasteiger partial charge in [-0.3, -0.25) is 4.79 Å². The third kappa shape index (κ3) is 2.74. The molecule has 0 saturated carbocycles. The van der Waals surface area contributed by atoms with E-state index in [2.05, 4.69) is 0 Å². The number of likely N-dealkylation sites (tertiary alicyclic amines) is 1. The number of ether oxygens (including phenoxy) is 2. The van der Waals surface area contributed by atoms with E-state index in [1.54, 1.807) is 11.0 Å². The van der Waals surface area contributed by atoms with Crippen LogP contribution in [0.25, 0.3) is 0 Å². The standard InChI is InChI=1S/C17H21NO6/c1-23-14-12(3-2-4-13(14)16(21)22)15(20)18-10-11(19)9-17(18)5-7-24-8-6-17/h2-4,11,19H,5-10H2,1H3,(H,21,22). The zero-order valence-electron chi connectivity index (χ0n) is 13.5. The first-order valence-corrected chi connectivity index (χ1v) is 7.96. The first-order chi connectivity index (χ1) is 11.5. The SMILES string of the molecule is COc1c(C(=O)O)cccc1C(=O)N1CC(O)CC12CCOCC2. The summed E-state index contributed by atoms with van der Waals surface area (Å²) in [5.41, 5.74) is -0.277. The van der Waals surface area contributed by atoms with E-state index in [1.807, 2.05) is 0 Å². The van der Waals surface area contributed by atoms with E-state index in [0.717, 1.165) is 0 Å². The van der Waals surface area contributed by atoms with Crippen molar-refractivity contribution >= 4 is 11.9 Å². The van der Waals surface area contributed by atoms with Gasteiger partial charge < -0.3 is 24.6 Å². The van der Waals surface area contributed by atoms with Gasteiger partial charge in [0.05, 0.1) is 24.3 Å². The monoisotopic (exact) mass is 335 g/mol. The quantitative estimate of drug-likeness (QED) is 0.860. The molecule has 2 heterocycles. The molecule has 130 valence electrons. The Morgan fingerprint density at radius 3 is 2.58 bits per heavy atom. The molecule has 1 aromatic rings. The lowest BCUT2D eigenvalue weighted by atomic mass is 9.86. The van der Waals surface area contributed by atoms with Crippen molar-refractivity contribution < 1.29 is 29.3 Å². The van der Waals surface area contributed by atoms with Crippen molar-refractivity contribution in [3.05, 3.63) is 29.3 Å². The topological polar surface area (TPSA) is 96.3 Å². The number of aliphatic hydroxyl groups is 1. The molecule has 7 nitrogen and oxygen atoms in total. The van der Waals surface area contributed by atoms with Gasteiger partial charge in [0, 0.05) is 19.8 Å². The highest BCUT2D eigenvalue weighted by Crippen LogP contribution is 2.40. The normalized spacial score (nSPS) is 22.6. The van der Waals surface area contributed by atoms with Gasteiger partial charge in [-0.15, -0.1) is 0 Å². The number of benzene rings is 1. The van der Waals surface area contributed by atoms with Crippen molar-refractivity contribution in [3.63, 3.8) is 0 Å². The van der Waals surface area contributed by atoms with Crippen molar-refractivity contribution in [1.82, 2.24) is 4.90 Å². The van der Waals surface area contributed by atoms with E-state index >= 15 is 0 Å². The fourth-order valence-electron chi connectivity index (χ4n) is 3.78. The van der Waals surface area contributed by atoms with Gasteiger partial charge in [0.15, 0.2) is 0 Å².